The second-order valence-corrected chi connectivity index (χ2v) is 5.06. The first-order valence-corrected chi connectivity index (χ1v) is 6.50. The standard InChI is InChI=1S/C15H17NO2/c1-10-13(9-14(17)18)12-7-4-6-11-5-2-3-8-16(10)15(11)12/h4,6-7H,2-3,5,8-9H2,1H3,(H,17,18). The number of nitrogens with zero attached hydrogens (tertiary/aromatic N) is 1. The van der Waals surface area contributed by atoms with Gasteiger partial charge >= 0.3 is 5.97 Å². The highest BCUT2D eigenvalue weighted by Crippen LogP contribution is 2.32. The Hall–Kier alpha value is -1.77. The molecule has 2 aromatic rings. The molecule has 0 aliphatic carbocycles. The van der Waals surface area contributed by atoms with Crippen molar-refractivity contribution in [1.29, 1.82) is 0 Å². The number of carboxylic acids is 1. The Morgan fingerprint density at radius 3 is 3.00 bits per heavy atom. The average Bonchev–Trinajstić information content (AvgIpc) is 2.53. The Bertz CT molecular complexity index is 625. The van der Waals surface area contributed by atoms with Gasteiger partial charge in [-0.25, -0.2) is 0 Å². The molecule has 1 aliphatic heterocycles. The van der Waals surface area contributed by atoms with Gasteiger partial charge in [-0.05, 0) is 37.3 Å². The van der Waals surface area contributed by atoms with Crippen molar-refractivity contribution in [3.8, 4) is 0 Å². The molecule has 0 bridgehead atoms. The number of hydrogen-bond donors (Lipinski definition) is 1. The van der Waals surface area contributed by atoms with Gasteiger partial charge in [-0.3, -0.25) is 4.79 Å². The maximum Gasteiger partial charge on any atom is 0.307 e. The maximum absolute atomic E-state index is 11.0. The van der Waals surface area contributed by atoms with Gasteiger partial charge in [0, 0.05) is 17.6 Å². The molecule has 1 aliphatic rings. The number of rotatable bonds is 2. The highest BCUT2D eigenvalue weighted by Gasteiger charge is 2.19. The van der Waals surface area contributed by atoms with Gasteiger partial charge in [-0.15, -0.1) is 0 Å². The molecule has 0 atom stereocenters. The summed E-state index contributed by atoms with van der Waals surface area (Å²) < 4.78 is 2.32. The fourth-order valence-corrected chi connectivity index (χ4v) is 3.12. The third-order valence-electron chi connectivity index (χ3n) is 3.96. The Morgan fingerprint density at radius 2 is 2.22 bits per heavy atom. The van der Waals surface area contributed by atoms with Gasteiger partial charge in [0.2, 0.25) is 0 Å². The average molecular weight is 243 g/mol. The lowest BCUT2D eigenvalue weighted by Gasteiger charge is -2.06. The number of aliphatic carboxylic acids is 1. The molecule has 3 nitrogen and oxygen atoms in total. The molecule has 1 N–H and O–H groups in total. The summed E-state index contributed by atoms with van der Waals surface area (Å²) in [6, 6.07) is 6.29. The van der Waals surface area contributed by atoms with Crippen LogP contribution >= 0.6 is 0 Å². The van der Waals surface area contributed by atoms with E-state index in [-0.39, 0.29) is 6.42 Å². The molecule has 94 valence electrons. The number of aryl methyl sites for hydroxylation is 2. The summed E-state index contributed by atoms with van der Waals surface area (Å²) in [6.45, 7) is 3.06. The van der Waals surface area contributed by atoms with E-state index in [0.29, 0.717) is 0 Å². The van der Waals surface area contributed by atoms with Crippen LogP contribution in [0, 0.1) is 6.92 Å². The molecule has 0 unspecified atom stereocenters. The minimum atomic E-state index is -0.750. The van der Waals surface area contributed by atoms with E-state index in [1.54, 1.807) is 0 Å². The van der Waals surface area contributed by atoms with Crippen LogP contribution in [-0.2, 0) is 24.2 Å². The van der Waals surface area contributed by atoms with Gasteiger partial charge in [-0.1, -0.05) is 18.2 Å². The van der Waals surface area contributed by atoms with E-state index in [1.165, 1.54) is 23.9 Å². The van der Waals surface area contributed by atoms with Crippen LogP contribution in [0.3, 0.4) is 0 Å². The number of carbonyl (C=O) groups is 1. The molecule has 2 heterocycles. The summed E-state index contributed by atoms with van der Waals surface area (Å²) in [5.74, 6) is -0.750. The van der Waals surface area contributed by atoms with E-state index in [9.17, 15) is 4.79 Å². The third kappa shape index (κ3) is 1.62. The van der Waals surface area contributed by atoms with Gasteiger partial charge in [0.25, 0.3) is 0 Å². The molecule has 0 amide bonds. The molecule has 0 saturated carbocycles. The second-order valence-electron chi connectivity index (χ2n) is 5.06. The molecule has 0 fully saturated rings. The fraction of sp³-hybridized carbons (Fsp3) is 0.400. The fourth-order valence-electron chi connectivity index (χ4n) is 3.12. The predicted molar refractivity (Wildman–Crippen MR) is 71.0 cm³/mol. The minimum absolute atomic E-state index is 0.124. The number of carboxylic acid groups (broad SMARTS) is 1. The van der Waals surface area contributed by atoms with Crippen LogP contribution in [0.25, 0.3) is 10.9 Å². The predicted octanol–water partition coefficient (Wildman–Crippen LogP) is 2.91. The summed E-state index contributed by atoms with van der Waals surface area (Å²) >= 11 is 0. The van der Waals surface area contributed by atoms with Crippen molar-refractivity contribution >= 4 is 16.9 Å². The maximum atomic E-state index is 11.0. The van der Waals surface area contributed by atoms with Crippen LogP contribution in [0.15, 0.2) is 18.2 Å². The summed E-state index contributed by atoms with van der Waals surface area (Å²) in [6.07, 6.45) is 3.62. The molecule has 1 aromatic heterocycles. The number of hydrogen-bond acceptors (Lipinski definition) is 1. The Labute approximate surface area is 106 Å². The molecule has 0 spiro atoms. The number of aromatic nitrogens is 1. The summed E-state index contributed by atoms with van der Waals surface area (Å²) in [5, 5.41) is 10.2. The lowest BCUT2D eigenvalue weighted by molar-refractivity contribution is -0.136. The molecule has 1 aromatic carbocycles. The molecule has 0 saturated heterocycles. The highest BCUT2D eigenvalue weighted by atomic mass is 16.4. The Balaban J connectivity index is 2.32. The van der Waals surface area contributed by atoms with Gasteiger partial charge in [0.15, 0.2) is 0 Å². The lowest BCUT2D eigenvalue weighted by atomic mass is 10.0. The third-order valence-corrected chi connectivity index (χ3v) is 3.96. The first kappa shape index (κ1) is 11.3. The highest BCUT2D eigenvalue weighted by molar-refractivity contribution is 5.91. The second kappa shape index (κ2) is 4.16. The van der Waals surface area contributed by atoms with Crippen molar-refractivity contribution in [1.82, 2.24) is 4.57 Å². The normalized spacial score (nSPS) is 14.7. The van der Waals surface area contributed by atoms with E-state index in [4.69, 9.17) is 5.11 Å². The first-order chi connectivity index (χ1) is 8.68. The van der Waals surface area contributed by atoms with Crippen molar-refractivity contribution in [2.24, 2.45) is 0 Å². The minimum Gasteiger partial charge on any atom is -0.481 e. The quantitative estimate of drug-likeness (QED) is 0.881. The van der Waals surface area contributed by atoms with Gasteiger partial charge in [0.1, 0.15) is 0 Å². The van der Waals surface area contributed by atoms with Crippen molar-refractivity contribution in [3.63, 3.8) is 0 Å². The number of benzene rings is 1. The van der Waals surface area contributed by atoms with E-state index < -0.39 is 5.97 Å². The first-order valence-electron chi connectivity index (χ1n) is 6.50. The van der Waals surface area contributed by atoms with Crippen LogP contribution < -0.4 is 0 Å². The van der Waals surface area contributed by atoms with E-state index in [1.807, 2.05) is 6.92 Å². The molecular formula is C15H17NO2. The Kier molecular flexibility index (Phi) is 2.62. The van der Waals surface area contributed by atoms with Gasteiger partial charge in [-0.2, -0.15) is 0 Å². The Morgan fingerprint density at radius 1 is 1.39 bits per heavy atom. The van der Waals surface area contributed by atoms with E-state index >= 15 is 0 Å². The van der Waals surface area contributed by atoms with Gasteiger partial charge in [0.05, 0.1) is 11.9 Å². The zero-order valence-corrected chi connectivity index (χ0v) is 10.6. The van der Waals surface area contributed by atoms with Crippen LogP contribution in [0.4, 0.5) is 0 Å². The topological polar surface area (TPSA) is 42.2 Å². The zero-order chi connectivity index (χ0) is 12.7. The van der Waals surface area contributed by atoms with Crippen molar-refractivity contribution in [3.05, 3.63) is 35.0 Å². The molecule has 3 rings (SSSR count). The van der Waals surface area contributed by atoms with Crippen LogP contribution in [0.2, 0.25) is 0 Å². The van der Waals surface area contributed by atoms with E-state index in [2.05, 4.69) is 22.8 Å². The molecule has 3 heteroatoms. The van der Waals surface area contributed by atoms with E-state index in [0.717, 1.165) is 29.6 Å². The smallest absolute Gasteiger partial charge is 0.307 e. The van der Waals surface area contributed by atoms with Crippen LogP contribution in [-0.4, -0.2) is 15.6 Å². The van der Waals surface area contributed by atoms with Crippen molar-refractivity contribution in [2.75, 3.05) is 0 Å². The number of para-hydroxylation sites is 1. The summed E-state index contributed by atoms with van der Waals surface area (Å²) in [4.78, 5) is 11.0. The van der Waals surface area contributed by atoms with Crippen molar-refractivity contribution in [2.45, 2.75) is 39.2 Å². The van der Waals surface area contributed by atoms with Crippen molar-refractivity contribution < 1.29 is 9.90 Å². The lowest BCUT2D eigenvalue weighted by Crippen LogP contribution is -2.03. The molecule has 18 heavy (non-hydrogen) atoms. The largest absolute Gasteiger partial charge is 0.481 e. The molecule has 0 radical (unpaired) electrons. The SMILES string of the molecule is Cc1c(CC(=O)O)c2cccc3c2n1CCCC3. The zero-order valence-electron chi connectivity index (χ0n) is 10.6. The summed E-state index contributed by atoms with van der Waals surface area (Å²) in [5.41, 5.74) is 4.75. The summed E-state index contributed by atoms with van der Waals surface area (Å²) in [7, 11) is 0. The molecular weight excluding hydrogens is 226 g/mol. The van der Waals surface area contributed by atoms with Crippen LogP contribution in [0.1, 0.15) is 29.7 Å². The van der Waals surface area contributed by atoms with Crippen LogP contribution in [0.5, 0.6) is 0 Å². The van der Waals surface area contributed by atoms with Gasteiger partial charge < -0.3 is 9.67 Å². The monoisotopic (exact) mass is 243 g/mol.